The molecule has 1 heterocycles. The zero-order chi connectivity index (χ0) is 19.4. The lowest BCUT2D eigenvalue weighted by molar-refractivity contribution is -0.137. The second kappa shape index (κ2) is 12.7. The van der Waals surface area contributed by atoms with Crippen molar-refractivity contribution in [1.82, 2.24) is 16.0 Å². The predicted octanol–water partition coefficient (Wildman–Crippen LogP) is 1.81. The van der Waals surface area contributed by atoms with Crippen molar-refractivity contribution in [3.8, 4) is 0 Å². The molecule has 1 saturated heterocycles. The van der Waals surface area contributed by atoms with Gasteiger partial charge in [0.15, 0.2) is 5.96 Å². The molecule has 26 heavy (non-hydrogen) atoms. The Morgan fingerprint density at radius 3 is 2.77 bits per heavy atom. The van der Waals surface area contributed by atoms with Crippen molar-refractivity contribution in [2.24, 2.45) is 16.6 Å². The maximum Gasteiger partial charge on any atom is 0.330 e. The molecular formula is C19H37N5O2. The van der Waals surface area contributed by atoms with Crippen molar-refractivity contribution in [2.45, 2.75) is 71.4 Å². The second-order valence-electron chi connectivity index (χ2n) is 7.06. The third kappa shape index (κ3) is 8.67. The lowest BCUT2D eigenvalue weighted by Gasteiger charge is -2.29. The van der Waals surface area contributed by atoms with Gasteiger partial charge in [0, 0.05) is 31.7 Å². The molecule has 0 aromatic rings. The quantitative estimate of drug-likeness (QED) is 0.165. The number of aliphatic carboxylic acids is 1. The number of carboxylic acids is 1. The van der Waals surface area contributed by atoms with E-state index in [0.717, 1.165) is 38.0 Å². The minimum Gasteiger partial charge on any atom is -0.479 e. The van der Waals surface area contributed by atoms with Crippen LogP contribution in [0, 0.1) is 5.92 Å². The molecule has 0 bridgehead atoms. The number of nitrogens with one attached hydrogen (secondary N) is 3. The Kier molecular flexibility index (Phi) is 11.0. The molecule has 7 heteroatoms. The molecule has 0 spiro atoms. The monoisotopic (exact) mass is 367 g/mol. The Bertz CT molecular complexity index is 479. The summed E-state index contributed by atoms with van der Waals surface area (Å²) in [5, 5.41) is 18.9. The molecule has 3 atom stereocenters. The van der Waals surface area contributed by atoms with Crippen LogP contribution >= 0.6 is 0 Å². The summed E-state index contributed by atoms with van der Waals surface area (Å²) < 4.78 is 0. The van der Waals surface area contributed by atoms with E-state index in [1.54, 1.807) is 6.08 Å². The molecule has 0 aromatic heterocycles. The van der Waals surface area contributed by atoms with Crippen LogP contribution in [0.4, 0.5) is 0 Å². The molecule has 1 aliphatic rings. The standard InChI is InChI=1S/C19H37N5O2/c1-4-6-7-8-9-15(5-2)10-17(18(25)26)24-19(20)22-12-16-11-21-13-23-14(16)3/h10,14,16-17,21,23H,4-9,11-13H2,1-3H3,(H,25,26)(H3,20,22,24). The number of nitrogens with two attached hydrogens (primary N) is 1. The van der Waals surface area contributed by atoms with Crippen molar-refractivity contribution in [3.05, 3.63) is 11.6 Å². The molecular weight excluding hydrogens is 330 g/mol. The van der Waals surface area contributed by atoms with E-state index >= 15 is 0 Å². The fourth-order valence-electron chi connectivity index (χ4n) is 3.04. The summed E-state index contributed by atoms with van der Waals surface area (Å²) in [6, 6.07) is -0.474. The first-order valence-corrected chi connectivity index (χ1v) is 9.90. The molecule has 0 amide bonds. The summed E-state index contributed by atoms with van der Waals surface area (Å²) in [4.78, 5) is 15.9. The van der Waals surface area contributed by atoms with Crippen LogP contribution in [-0.2, 0) is 4.79 Å². The number of rotatable bonds is 11. The van der Waals surface area contributed by atoms with Gasteiger partial charge in [-0.15, -0.1) is 0 Å². The van der Waals surface area contributed by atoms with Crippen LogP contribution < -0.4 is 21.7 Å². The SMILES string of the molecule is CCCCCCC(=CC(NC(N)=NCC1CNCNC1C)C(=O)O)CC. The first kappa shape index (κ1) is 22.4. The summed E-state index contributed by atoms with van der Waals surface area (Å²) >= 11 is 0. The zero-order valence-corrected chi connectivity index (χ0v) is 16.6. The van der Waals surface area contributed by atoms with Gasteiger partial charge < -0.3 is 26.8 Å². The Morgan fingerprint density at radius 1 is 1.38 bits per heavy atom. The molecule has 0 aliphatic carbocycles. The Labute approximate surface area is 157 Å². The summed E-state index contributed by atoms with van der Waals surface area (Å²) in [7, 11) is 0. The fourth-order valence-corrected chi connectivity index (χ4v) is 3.04. The molecule has 1 rings (SSSR count). The third-order valence-electron chi connectivity index (χ3n) is 4.94. The van der Waals surface area contributed by atoms with E-state index in [-0.39, 0.29) is 5.96 Å². The Morgan fingerprint density at radius 2 is 2.15 bits per heavy atom. The molecule has 1 fully saturated rings. The van der Waals surface area contributed by atoms with Crippen LogP contribution in [0.15, 0.2) is 16.6 Å². The number of guanidine groups is 1. The van der Waals surface area contributed by atoms with Gasteiger partial charge in [-0.05, 0) is 26.2 Å². The first-order chi connectivity index (χ1) is 12.5. The molecule has 1 aliphatic heterocycles. The molecule has 6 N–H and O–H groups in total. The lowest BCUT2D eigenvalue weighted by atomic mass is 10.00. The topological polar surface area (TPSA) is 112 Å². The van der Waals surface area contributed by atoms with Crippen LogP contribution in [0.2, 0.25) is 0 Å². The summed E-state index contributed by atoms with van der Waals surface area (Å²) in [5.41, 5.74) is 7.09. The van der Waals surface area contributed by atoms with Gasteiger partial charge in [0.25, 0.3) is 0 Å². The van der Waals surface area contributed by atoms with E-state index in [1.807, 2.05) is 0 Å². The maximum absolute atomic E-state index is 11.6. The summed E-state index contributed by atoms with van der Waals surface area (Å²) in [5.74, 6) is -0.405. The van der Waals surface area contributed by atoms with Gasteiger partial charge in [0.2, 0.25) is 0 Å². The number of hydrogen-bond acceptors (Lipinski definition) is 4. The average Bonchev–Trinajstić information content (AvgIpc) is 2.62. The average molecular weight is 368 g/mol. The normalized spacial score (nSPS) is 22.9. The van der Waals surface area contributed by atoms with Gasteiger partial charge in [-0.2, -0.15) is 0 Å². The number of allylic oxidation sites excluding steroid dienone is 1. The first-order valence-electron chi connectivity index (χ1n) is 9.90. The lowest BCUT2D eigenvalue weighted by Crippen LogP contribution is -2.51. The second-order valence-corrected chi connectivity index (χ2v) is 7.06. The van der Waals surface area contributed by atoms with Crippen LogP contribution in [-0.4, -0.2) is 48.9 Å². The van der Waals surface area contributed by atoms with E-state index in [2.05, 4.69) is 41.7 Å². The van der Waals surface area contributed by atoms with Crippen molar-refractivity contribution >= 4 is 11.9 Å². The van der Waals surface area contributed by atoms with Crippen LogP contribution in [0.5, 0.6) is 0 Å². The van der Waals surface area contributed by atoms with Gasteiger partial charge in [-0.25, -0.2) is 4.79 Å². The van der Waals surface area contributed by atoms with Gasteiger partial charge in [0.1, 0.15) is 6.04 Å². The molecule has 0 radical (unpaired) electrons. The van der Waals surface area contributed by atoms with Crippen molar-refractivity contribution in [2.75, 3.05) is 19.8 Å². The molecule has 7 nitrogen and oxygen atoms in total. The predicted molar refractivity (Wildman–Crippen MR) is 107 cm³/mol. The largest absolute Gasteiger partial charge is 0.479 e. The molecule has 0 saturated carbocycles. The highest BCUT2D eigenvalue weighted by Gasteiger charge is 2.20. The molecule has 3 unspecified atom stereocenters. The highest BCUT2D eigenvalue weighted by Crippen LogP contribution is 2.14. The van der Waals surface area contributed by atoms with E-state index in [9.17, 15) is 9.90 Å². The number of aliphatic imine (C=N–C) groups is 1. The molecule has 0 aromatic carbocycles. The number of carbonyl (C=O) groups is 1. The van der Waals surface area contributed by atoms with Gasteiger partial charge in [0.05, 0.1) is 0 Å². The molecule has 150 valence electrons. The third-order valence-corrected chi connectivity index (χ3v) is 4.94. The summed E-state index contributed by atoms with van der Waals surface area (Å²) in [6.07, 6.45) is 8.29. The fraction of sp³-hybridized carbons (Fsp3) is 0.789. The van der Waals surface area contributed by atoms with Crippen LogP contribution in [0.3, 0.4) is 0 Å². The van der Waals surface area contributed by atoms with E-state index in [0.29, 0.717) is 18.5 Å². The van der Waals surface area contributed by atoms with E-state index in [4.69, 9.17) is 5.73 Å². The zero-order valence-electron chi connectivity index (χ0n) is 16.6. The highest BCUT2D eigenvalue weighted by molar-refractivity contribution is 5.86. The van der Waals surface area contributed by atoms with Crippen LogP contribution in [0.25, 0.3) is 0 Å². The number of carboxylic acid groups (broad SMARTS) is 1. The Balaban J connectivity index is 2.59. The number of hydrogen-bond donors (Lipinski definition) is 5. The number of unbranched alkanes of at least 4 members (excludes halogenated alkanes) is 3. The minimum atomic E-state index is -0.933. The van der Waals surface area contributed by atoms with E-state index in [1.165, 1.54) is 19.3 Å². The van der Waals surface area contributed by atoms with Crippen LogP contribution in [0.1, 0.15) is 59.3 Å². The minimum absolute atomic E-state index is 0.188. The summed E-state index contributed by atoms with van der Waals surface area (Å²) in [6.45, 7) is 8.62. The maximum atomic E-state index is 11.6. The highest BCUT2D eigenvalue weighted by atomic mass is 16.4. The Hall–Kier alpha value is -1.60. The van der Waals surface area contributed by atoms with Crippen molar-refractivity contribution < 1.29 is 9.90 Å². The van der Waals surface area contributed by atoms with Gasteiger partial charge in [-0.1, -0.05) is 44.8 Å². The van der Waals surface area contributed by atoms with Gasteiger partial charge >= 0.3 is 5.97 Å². The van der Waals surface area contributed by atoms with Crippen molar-refractivity contribution in [1.29, 1.82) is 0 Å². The van der Waals surface area contributed by atoms with E-state index < -0.39 is 12.0 Å². The van der Waals surface area contributed by atoms with Crippen molar-refractivity contribution in [3.63, 3.8) is 0 Å². The number of nitrogens with zero attached hydrogens (tertiary/aromatic N) is 1. The van der Waals surface area contributed by atoms with Gasteiger partial charge in [-0.3, -0.25) is 4.99 Å². The smallest absolute Gasteiger partial charge is 0.330 e.